The van der Waals surface area contributed by atoms with E-state index in [-0.39, 0.29) is 0 Å². The molecular weight excluding hydrogens is 174 g/mol. The summed E-state index contributed by atoms with van der Waals surface area (Å²) in [6.45, 7) is 1.84. The molecule has 0 radical (unpaired) electrons. The van der Waals surface area contributed by atoms with Crippen molar-refractivity contribution in [3.63, 3.8) is 0 Å². The maximum Gasteiger partial charge on any atom is 0.0469 e. The smallest absolute Gasteiger partial charge is 0.0469 e. The molecule has 1 rings (SSSR count). The molecule has 2 nitrogen and oxygen atoms in total. The molecule has 1 heterocycles. The second-order valence-corrected chi connectivity index (χ2v) is 3.70. The van der Waals surface area contributed by atoms with Crippen LogP contribution in [0.4, 0.5) is 0 Å². The Kier molecular flexibility index (Phi) is 4.96. The van der Waals surface area contributed by atoms with Crippen molar-refractivity contribution < 1.29 is 4.74 Å². The third kappa shape index (κ3) is 2.92. The zero-order valence-electron chi connectivity index (χ0n) is 7.68. The normalized spacial score (nSPS) is 22.5. The van der Waals surface area contributed by atoms with Gasteiger partial charge in [-0.05, 0) is 32.2 Å². The van der Waals surface area contributed by atoms with Crippen molar-refractivity contribution in [3.05, 3.63) is 0 Å². The first-order chi connectivity index (χ1) is 5.88. The average molecular weight is 192 g/mol. The fourth-order valence-electron chi connectivity index (χ4n) is 1.85. The van der Waals surface area contributed by atoms with Crippen LogP contribution in [0, 0.1) is 5.92 Å². The minimum Gasteiger partial charge on any atom is -0.381 e. The second kappa shape index (κ2) is 5.79. The Morgan fingerprint density at radius 1 is 1.50 bits per heavy atom. The first-order valence-corrected chi connectivity index (χ1v) is 5.23. The van der Waals surface area contributed by atoms with Gasteiger partial charge in [0.25, 0.3) is 0 Å². The highest BCUT2D eigenvalue weighted by Crippen LogP contribution is 2.20. The van der Waals surface area contributed by atoms with E-state index in [0.717, 1.165) is 31.4 Å². The number of ether oxygens (including phenoxy) is 1. The fourth-order valence-corrected chi connectivity index (χ4v) is 2.09. The summed E-state index contributed by atoms with van der Waals surface area (Å²) in [4.78, 5) is 0. The van der Waals surface area contributed by atoms with Crippen LogP contribution in [0.1, 0.15) is 19.3 Å². The lowest BCUT2D eigenvalue weighted by Crippen LogP contribution is -2.37. The van der Waals surface area contributed by atoms with Gasteiger partial charge < -0.3 is 10.1 Å². The fraction of sp³-hybridized carbons (Fsp3) is 1.00. The van der Waals surface area contributed by atoms with Gasteiger partial charge in [-0.2, -0.15) is 0 Å². The molecule has 1 aliphatic rings. The molecule has 72 valence electrons. The summed E-state index contributed by atoms with van der Waals surface area (Å²) in [6.07, 6.45) is 3.44. The topological polar surface area (TPSA) is 21.3 Å². The summed E-state index contributed by atoms with van der Waals surface area (Å²) in [5, 5.41) is 3.33. The van der Waals surface area contributed by atoms with Gasteiger partial charge in [-0.15, -0.1) is 11.6 Å². The summed E-state index contributed by atoms with van der Waals surface area (Å²) in [5.74, 6) is 1.52. The third-order valence-electron chi connectivity index (χ3n) is 2.63. The summed E-state index contributed by atoms with van der Waals surface area (Å²) >= 11 is 5.72. The van der Waals surface area contributed by atoms with Crippen molar-refractivity contribution in [2.24, 2.45) is 5.92 Å². The SMILES string of the molecule is CNC(CCCl)C1CCOCC1. The number of alkyl halides is 1. The first-order valence-electron chi connectivity index (χ1n) is 4.69. The van der Waals surface area contributed by atoms with Crippen LogP contribution in [0.25, 0.3) is 0 Å². The number of hydrogen-bond donors (Lipinski definition) is 1. The molecule has 0 bridgehead atoms. The van der Waals surface area contributed by atoms with Crippen LogP contribution in [-0.4, -0.2) is 32.2 Å². The lowest BCUT2D eigenvalue weighted by atomic mass is 9.90. The lowest BCUT2D eigenvalue weighted by molar-refractivity contribution is 0.0544. The Balaban J connectivity index is 2.29. The third-order valence-corrected chi connectivity index (χ3v) is 2.84. The standard InChI is InChI=1S/C9H18ClNO/c1-11-9(2-5-10)8-3-6-12-7-4-8/h8-9,11H,2-7H2,1H3. The first kappa shape index (κ1) is 10.3. The number of nitrogens with one attached hydrogen (secondary N) is 1. The minimum atomic E-state index is 0.589. The molecule has 0 aromatic carbocycles. The Hall–Kier alpha value is 0.210. The van der Waals surface area contributed by atoms with E-state index in [1.807, 2.05) is 7.05 Å². The monoisotopic (exact) mass is 191 g/mol. The van der Waals surface area contributed by atoms with E-state index < -0.39 is 0 Å². The van der Waals surface area contributed by atoms with Crippen molar-refractivity contribution in [1.82, 2.24) is 5.32 Å². The molecule has 1 N–H and O–H groups in total. The van der Waals surface area contributed by atoms with Gasteiger partial charge in [0.1, 0.15) is 0 Å². The molecule has 12 heavy (non-hydrogen) atoms. The summed E-state index contributed by atoms with van der Waals surface area (Å²) in [6, 6.07) is 0.589. The molecule has 3 heteroatoms. The highest BCUT2D eigenvalue weighted by molar-refractivity contribution is 6.17. The van der Waals surface area contributed by atoms with Crippen LogP contribution in [0.5, 0.6) is 0 Å². The largest absolute Gasteiger partial charge is 0.381 e. The summed E-state index contributed by atoms with van der Waals surface area (Å²) < 4.78 is 5.31. The second-order valence-electron chi connectivity index (χ2n) is 3.32. The number of halogens is 1. The molecule has 0 saturated carbocycles. The van der Waals surface area contributed by atoms with Gasteiger partial charge in [0.05, 0.1) is 0 Å². The van der Waals surface area contributed by atoms with Crippen molar-refractivity contribution in [1.29, 1.82) is 0 Å². The van der Waals surface area contributed by atoms with Gasteiger partial charge in [0, 0.05) is 25.1 Å². The van der Waals surface area contributed by atoms with Gasteiger partial charge in [0.15, 0.2) is 0 Å². The lowest BCUT2D eigenvalue weighted by Gasteiger charge is -2.29. The van der Waals surface area contributed by atoms with Crippen LogP contribution in [0.15, 0.2) is 0 Å². The van der Waals surface area contributed by atoms with Gasteiger partial charge in [0.2, 0.25) is 0 Å². The quantitative estimate of drug-likeness (QED) is 0.683. The zero-order valence-corrected chi connectivity index (χ0v) is 8.44. The molecule has 0 spiro atoms. The zero-order chi connectivity index (χ0) is 8.81. The van der Waals surface area contributed by atoms with E-state index in [0.29, 0.717) is 6.04 Å². The van der Waals surface area contributed by atoms with Crippen LogP contribution in [-0.2, 0) is 4.74 Å². The van der Waals surface area contributed by atoms with Gasteiger partial charge in [-0.25, -0.2) is 0 Å². The summed E-state index contributed by atoms with van der Waals surface area (Å²) in [7, 11) is 2.02. The minimum absolute atomic E-state index is 0.589. The van der Waals surface area contributed by atoms with E-state index in [4.69, 9.17) is 16.3 Å². The molecule has 0 amide bonds. The van der Waals surface area contributed by atoms with Crippen LogP contribution >= 0.6 is 11.6 Å². The molecule has 1 atom stereocenters. The van der Waals surface area contributed by atoms with Crippen LogP contribution in [0.3, 0.4) is 0 Å². The number of hydrogen-bond acceptors (Lipinski definition) is 2. The molecule has 1 aliphatic heterocycles. The predicted octanol–water partition coefficient (Wildman–Crippen LogP) is 1.63. The Morgan fingerprint density at radius 2 is 2.17 bits per heavy atom. The van der Waals surface area contributed by atoms with E-state index in [1.54, 1.807) is 0 Å². The van der Waals surface area contributed by atoms with Gasteiger partial charge in [-0.1, -0.05) is 0 Å². The molecule has 0 aromatic rings. The molecule has 1 fully saturated rings. The Morgan fingerprint density at radius 3 is 2.67 bits per heavy atom. The average Bonchev–Trinajstić information content (AvgIpc) is 2.15. The van der Waals surface area contributed by atoms with Gasteiger partial charge in [-0.3, -0.25) is 0 Å². The predicted molar refractivity (Wildman–Crippen MR) is 51.7 cm³/mol. The molecular formula is C9H18ClNO. The van der Waals surface area contributed by atoms with E-state index in [9.17, 15) is 0 Å². The van der Waals surface area contributed by atoms with Crippen LogP contribution in [0.2, 0.25) is 0 Å². The maximum absolute atomic E-state index is 5.72. The molecule has 0 aliphatic carbocycles. The van der Waals surface area contributed by atoms with E-state index in [2.05, 4.69) is 5.32 Å². The Labute approximate surface area is 79.6 Å². The maximum atomic E-state index is 5.72. The highest BCUT2D eigenvalue weighted by Gasteiger charge is 2.21. The number of rotatable bonds is 4. The van der Waals surface area contributed by atoms with E-state index in [1.165, 1.54) is 12.8 Å². The van der Waals surface area contributed by atoms with Crippen molar-refractivity contribution in [2.75, 3.05) is 26.1 Å². The van der Waals surface area contributed by atoms with Crippen LogP contribution < -0.4 is 5.32 Å². The molecule has 0 aromatic heterocycles. The highest BCUT2D eigenvalue weighted by atomic mass is 35.5. The van der Waals surface area contributed by atoms with Gasteiger partial charge >= 0.3 is 0 Å². The van der Waals surface area contributed by atoms with Crippen molar-refractivity contribution in [2.45, 2.75) is 25.3 Å². The van der Waals surface area contributed by atoms with Crippen molar-refractivity contribution in [3.8, 4) is 0 Å². The van der Waals surface area contributed by atoms with Crippen molar-refractivity contribution >= 4 is 11.6 Å². The van der Waals surface area contributed by atoms with E-state index >= 15 is 0 Å². The summed E-state index contributed by atoms with van der Waals surface area (Å²) in [5.41, 5.74) is 0. The molecule has 1 unspecified atom stereocenters. The Bertz CT molecular complexity index is 112. The molecule has 1 saturated heterocycles.